The molecule has 68 valence electrons. The Labute approximate surface area is 85.9 Å². The molecule has 0 aliphatic heterocycles. The highest BCUT2D eigenvalue weighted by Crippen LogP contribution is 2.06. The average Bonchev–Trinajstić information content (AvgIpc) is 2.30. The molecule has 0 heteroatoms. The standard InChI is InChI=1S/C14H12/c1-3-7-13(8-4-1)11-12-14-9-5-2-6-10-14/h1-12H/i1D. The van der Waals surface area contributed by atoms with Gasteiger partial charge in [-0.1, -0.05) is 72.8 Å². The van der Waals surface area contributed by atoms with Crippen LogP contribution >= 0.6 is 0 Å². The molecule has 0 atom stereocenters. The van der Waals surface area contributed by atoms with E-state index in [1.54, 1.807) is 12.1 Å². The van der Waals surface area contributed by atoms with E-state index in [1.807, 2.05) is 30.3 Å². The summed E-state index contributed by atoms with van der Waals surface area (Å²) in [6.45, 7) is 0. The molecule has 0 unspecified atom stereocenters. The quantitative estimate of drug-likeness (QED) is 0.617. The van der Waals surface area contributed by atoms with Crippen molar-refractivity contribution in [2.45, 2.75) is 0 Å². The van der Waals surface area contributed by atoms with Crippen molar-refractivity contribution in [3.8, 4) is 0 Å². The Morgan fingerprint density at radius 2 is 1.21 bits per heavy atom. The molecule has 2 aromatic rings. The average molecular weight is 181 g/mol. The van der Waals surface area contributed by atoms with Gasteiger partial charge in [-0.25, -0.2) is 0 Å². The molecule has 2 aromatic carbocycles. The van der Waals surface area contributed by atoms with E-state index in [0.717, 1.165) is 5.56 Å². The van der Waals surface area contributed by atoms with Gasteiger partial charge >= 0.3 is 0 Å². The van der Waals surface area contributed by atoms with Gasteiger partial charge in [-0.3, -0.25) is 0 Å². The highest BCUT2D eigenvalue weighted by atomic mass is 13.9. The van der Waals surface area contributed by atoms with Crippen LogP contribution in [0.2, 0.25) is 0 Å². The van der Waals surface area contributed by atoms with Crippen molar-refractivity contribution in [2.24, 2.45) is 0 Å². The Bertz CT molecular complexity index is 441. The first kappa shape index (κ1) is 7.57. The maximum atomic E-state index is 7.36. The molecule has 0 nitrogen and oxygen atoms in total. The summed E-state index contributed by atoms with van der Waals surface area (Å²) in [5, 5.41) is 0. The van der Waals surface area contributed by atoms with Gasteiger partial charge in [0.25, 0.3) is 0 Å². The van der Waals surface area contributed by atoms with Crippen molar-refractivity contribution in [1.29, 1.82) is 0 Å². The van der Waals surface area contributed by atoms with Crippen molar-refractivity contribution >= 4 is 12.2 Å². The van der Waals surface area contributed by atoms with E-state index in [-0.39, 0.29) is 0 Å². The highest BCUT2D eigenvalue weighted by molar-refractivity contribution is 5.69. The molecular formula is C14H12. The van der Waals surface area contributed by atoms with Gasteiger partial charge in [0, 0.05) is 0 Å². The number of hydrogen-bond acceptors (Lipinski definition) is 0. The molecule has 0 fully saturated rings. The zero-order chi connectivity index (χ0) is 10.5. The molecule has 0 aromatic heterocycles. The maximum Gasteiger partial charge on any atom is 0.0623 e. The molecule has 0 aliphatic carbocycles. The Morgan fingerprint density at radius 1 is 0.714 bits per heavy atom. The summed E-state index contributed by atoms with van der Waals surface area (Å²) in [5.41, 5.74) is 2.31. The summed E-state index contributed by atoms with van der Waals surface area (Å²) in [4.78, 5) is 0. The van der Waals surface area contributed by atoms with Gasteiger partial charge in [0.1, 0.15) is 0 Å². The second kappa shape index (κ2) is 4.43. The third kappa shape index (κ3) is 2.33. The normalized spacial score (nSPS) is 11.6. The molecule has 0 radical (unpaired) electrons. The van der Waals surface area contributed by atoms with E-state index in [9.17, 15) is 0 Å². The minimum atomic E-state index is 0.548. The van der Waals surface area contributed by atoms with Crippen molar-refractivity contribution in [2.75, 3.05) is 0 Å². The lowest BCUT2D eigenvalue weighted by molar-refractivity contribution is 1.65. The van der Waals surface area contributed by atoms with Crippen LogP contribution in [0.25, 0.3) is 12.2 Å². The summed E-state index contributed by atoms with van der Waals surface area (Å²) in [6.07, 6.45) is 4.12. The van der Waals surface area contributed by atoms with Crippen molar-refractivity contribution in [1.82, 2.24) is 0 Å². The van der Waals surface area contributed by atoms with E-state index < -0.39 is 0 Å². The summed E-state index contributed by atoms with van der Waals surface area (Å²) in [7, 11) is 0. The number of benzene rings is 2. The van der Waals surface area contributed by atoms with Gasteiger partial charge in [0.15, 0.2) is 0 Å². The molecule has 0 aliphatic rings. The fraction of sp³-hybridized carbons (Fsp3) is 0. The Balaban J connectivity index is 2.15. The van der Waals surface area contributed by atoms with Gasteiger partial charge in [-0.2, -0.15) is 0 Å². The molecular weight excluding hydrogens is 168 g/mol. The number of rotatable bonds is 2. The minimum Gasteiger partial charge on any atom is -0.0622 e. The first-order chi connectivity index (χ1) is 7.34. The summed E-state index contributed by atoms with van der Waals surface area (Å²) < 4.78 is 7.36. The largest absolute Gasteiger partial charge is 0.0623 e. The van der Waals surface area contributed by atoms with Crippen molar-refractivity contribution < 1.29 is 1.37 Å². The second-order valence-electron chi connectivity index (χ2n) is 3.08. The SMILES string of the molecule is [2H]c1ccc(C=Cc2ccccc2)cc1. The molecule has 0 saturated heterocycles. The molecule has 0 N–H and O–H groups in total. The second-order valence-corrected chi connectivity index (χ2v) is 3.08. The zero-order valence-electron chi connectivity index (χ0n) is 8.85. The predicted octanol–water partition coefficient (Wildman–Crippen LogP) is 3.86. The van der Waals surface area contributed by atoms with Gasteiger partial charge in [-0.05, 0) is 11.1 Å². The smallest absolute Gasteiger partial charge is 0.0622 e. The third-order valence-corrected chi connectivity index (χ3v) is 2.01. The van der Waals surface area contributed by atoms with Crippen molar-refractivity contribution in [3.05, 3.63) is 71.8 Å². The van der Waals surface area contributed by atoms with Crippen LogP contribution in [0.5, 0.6) is 0 Å². The van der Waals surface area contributed by atoms with Crippen LogP contribution in [-0.2, 0) is 0 Å². The van der Waals surface area contributed by atoms with E-state index in [1.165, 1.54) is 5.56 Å². The fourth-order valence-electron chi connectivity index (χ4n) is 1.27. The summed E-state index contributed by atoms with van der Waals surface area (Å²) in [6, 6.07) is 18.2. The first-order valence-corrected chi connectivity index (χ1v) is 4.64. The van der Waals surface area contributed by atoms with E-state index >= 15 is 0 Å². The fourth-order valence-corrected chi connectivity index (χ4v) is 1.27. The minimum absolute atomic E-state index is 0.548. The lowest BCUT2D eigenvalue weighted by Crippen LogP contribution is -1.70. The van der Waals surface area contributed by atoms with Crippen LogP contribution in [-0.4, -0.2) is 0 Å². The molecule has 0 spiro atoms. The van der Waals surface area contributed by atoms with Gasteiger partial charge in [0.05, 0.1) is 1.37 Å². The summed E-state index contributed by atoms with van der Waals surface area (Å²) >= 11 is 0. The van der Waals surface area contributed by atoms with E-state index in [2.05, 4.69) is 24.3 Å². The van der Waals surface area contributed by atoms with Crippen LogP contribution < -0.4 is 0 Å². The van der Waals surface area contributed by atoms with Gasteiger partial charge < -0.3 is 0 Å². The van der Waals surface area contributed by atoms with Crippen molar-refractivity contribution in [3.63, 3.8) is 0 Å². The van der Waals surface area contributed by atoms with Gasteiger partial charge in [0.2, 0.25) is 0 Å². The molecule has 0 heterocycles. The monoisotopic (exact) mass is 181 g/mol. The molecule has 2 rings (SSSR count). The Hall–Kier alpha value is -1.82. The summed E-state index contributed by atoms with van der Waals surface area (Å²) in [5.74, 6) is 0. The van der Waals surface area contributed by atoms with Gasteiger partial charge in [-0.15, -0.1) is 0 Å². The topological polar surface area (TPSA) is 0 Å². The van der Waals surface area contributed by atoms with Crippen LogP contribution in [0.3, 0.4) is 0 Å². The molecule has 0 saturated carbocycles. The third-order valence-electron chi connectivity index (χ3n) is 2.01. The van der Waals surface area contributed by atoms with E-state index in [0.29, 0.717) is 6.04 Å². The highest BCUT2D eigenvalue weighted by Gasteiger charge is 1.84. The van der Waals surface area contributed by atoms with E-state index in [4.69, 9.17) is 1.37 Å². The molecule has 0 bridgehead atoms. The molecule has 14 heavy (non-hydrogen) atoms. The lowest BCUT2D eigenvalue weighted by atomic mass is 10.1. The number of hydrogen-bond donors (Lipinski definition) is 0. The predicted molar refractivity (Wildman–Crippen MR) is 61.8 cm³/mol. The first-order valence-electron chi connectivity index (χ1n) is 5.14. The zero-order valence-corrected chi connectivity index (χ0v) is 7.85. The Kier molecular flexibility index (Phi) is 2.39. The van der Waals surface area contributed by atoms with Crippen LogP contribution in [0.15, 0.2) is 60.6 Å². The maximum absolute atomic E-state index is 7.36. The van der Waals surface area contributed by atoms with Crippen LogP contribution in [0.1, 0.15) is 12.5 Å². The molecule has 0 amide bonds. The van der Waals surface area contributed by atoms with Crippen LogP contribution in [0, 0.1) is 0 Å². The lowest BCUT2D eigenvalue weighted by Gasteiger charge is -1.92. The Morgan fingerprint density at radius 3 is 1.79 bits per heavy atom. The van der Waals surface area contributed by atoms with Crippen LogP contribution in [0.4, 0.5) is 0 Å².